The van der Waals surface area contributed by atoms with Crippen LogP contribution in [0.1, 0.15) is 90.9 Å². The van der Waals surface area contributed by atoms with Gasteiger partial charge in [-0.3, -0.25) is 9.59 Å². The van der Waals surface area contributed by atoms with Gasteiger partial charge < -0.3 is 19.7 Å². The van der Waals surface area contributed by atoms with Crippen LogP contribution in [-0.2, 0) is 30.0 Å². The van der Waals surface area contributed by atoms with E-state index in [0.717, 1.165) is 43.1 Å². The van der Waals surface area contributed by atoms with E-state index in [1.165, 1.54) is 4.90 Å². The Morgan fingerprint density at radius 3 is 2.67 bits per heavy atom. The molecule has 11 heteroatoms. The molecular weight excluding hydrogens is 581 g/mol. The van der Waals surface area contributed by atoms with Crippen LogP contribution in [0.4, 0.5) is 18.9 Å². The van der Waals surface area contributed by atoms with Crippen LogP contribution >= 0.6 is 0 Å². The Morgan fingerprint density at radius 2 is 2.00 bits per heavy atom. The first kappa shape index (κ1) is 30.8. The van der Waals surface area contributed by atoms with Crippen molar-refractivity contribution < 1.29 is 22.8 Å². The van der Waals surface area contributed by atoms with Crippen LogP contribution in [0, 0.1) is 17.8 Å². The predicted molar refractivity (Wildman–Crippen MR) is 163 cm³/mol. The van der Waals surface area contributed by atoms with Crippen molar-refractivity contribution in [1.82, 2.24) is 25.0 Å². The van der Waals surface area contributed by atoms with Crippen molar-refractivity contribution in [1.29, 1.82) is 0 Å². The lowest BCUT2D eigenvalue weighted by Crippen LogP contribution is -2.43. The Hall–Kier alpha value is -4.17. The molecule has 1 saturated carbocycles. The molecule has 3 heterocycles. The second-order valence-electron chi connectivity index (χ2n) is 12.7. The highest BCUT2D eigenvalue weighted by Crippen LogP contribution is 2.52. The van der Waals surface area contributed by atoms with Gasteiger partial charge >= 0.3 is 6.18 Å². The number of carbonyl (C=O) groups is 2. The van der Waals surface area contributed by atoms with Crippen LogP contribution in [0.25, 0.3) is 0 Å². The maximum absolute atomic E-state index is 14.5. The second kappa shape index (κ2) is 11.6. The molecule has 0 spiro atoms. The monoisotopic (exact) mass is 618 g/mol. The molecule has 1 aromatic heterocycles. The zero-order chi connectivity index (χ0) is 32.1. The first-order valence-electron chi connectivity index (χ1n) is 15.4. The number of anilines is 1. The fourth-order valence-corrected chi connectivity index (χ4v) is 7.43. The van der Waals surface area contributed by atoms with Crippen LogP contribution in [0.5, 0.6) is 0 Å². The summed E-state index contributed by atoms with van der Waals surface area (Å²) >= 11 is 0. The smallest absolute Gasteiger partial charge is 0.328 e. The van der Waals surface area contributed by atoms with Crippen molar-refractivity contribution in [3.8, 4) is 11.8 Å². The third kappa shape index (κ3) is 5.50. The minimum Gasteiger partial charge on any atom is -0.328 e. The van der Waals surface area contributed by atoms with Crippen LogP contribution in [0.15, 0.2) is 42.7 Å². The zero-order valence-corrected chi connectivity index (χ0v) is 25.9. The molecule has 0 radical (unpaired) electrons. The molecule has 1 saturated heterocycles. The second-order valence-corrected chi connectivity index (χ2v) is 12.7. The minimum atomic E-state index is -4.64. The number of alkyl halides is 3. The topological polar surface area (TPSA) is 83.4 Å². The third-order valence-corrected chi connectivity index (χ3v) is 9.64. The Kier molecular flexibility index (Phi) is 7.98. The van der Waals surface area contributed by atoms with Gasteiger partial charge in [0.05, 0.1) is 17.5 Å². The van der Waals surface area contributed by atoms with Gasteiger partial charge in [0, 0.05) is 43.5 Å². The summed E-state index contributed by atoms with van der Waals surface area (Å²) in [6.45, 7) is 6.42. The minimum absolute atomic E-state index is 0.0140. The average Bonchev–Trinajstić information content (AvgIpc) is 3.72. The van der Waals surface area contributed by atoms with E-state index in [0.29, 0.717) is 30.3 Å². The molecule has 2 aliphatic heterocycles. The van der Waals surface area contributed by atoms with Gasteiger partial charge in [-0.2, -0.15) is 13.2 Å². The number of amides is 2. The zero-order valence-electron chi connectivity index (χ0n) is 25.9. The largest absolute Gasteiger partial charge is 0.416 e. The number of aromatic nitrogens is 3. The predicted octanol–water partition coefficient (Wildman–Crippen LogP) is 5.38. The van der Waals surface area contributed by atoms with Crippen LogP contribution in [0.2, 0.25) is 0 Å². The van der Waals surface area contributed by atoms with E-state index in [4.69, 9.17) is 0 Å². The van der Waals surface area contributed by atoms with Gasteiger partial charge in [0.2, 0.25) is 0 Å². The number of benzene rings is 2. The molecule has 2 amide bonds. The average molecular weight is 619 g/mol. The number of fused-ring (bicyclic) bond motifs is 1. The summed E-state index contributed by atoms with van der Waals surface area (Å²) in [6, 6.07) is 9.71. The maximum atomic E-state index is 14.5. The SMILES string of the molecule is CC#CC(=O)N1CCC[C@H]1CNC(C)c1cc2c(c(C(F)(F)F)c1)CN(c1cccc(C3(c4nncn4C)CC(C)C3)c1)C2=O. The molecular formula is C34H37F3N6O2. The lowest BCUT2D eigenvalue weighted by Gasteiger charge is -2.46. The van der Waals surface area contributed by atoms with Crippen molar-refractivity contribution in [2.75, 3.05) is 18.0 Å². The van der Waals surface area contributed by atoms with Gasteiger partial charge in [0.1, 0.15) is 12.2 Å². The quantitative estimate of drug-likeness (QED) is 0.360. The fraction of sp³-hybridized carbons (Fsp3) is 0.471. The molecule has 8 nitrogen and oxygen atoms in total. The van der Waals surface area contributed by atoms with Crippen molar-refractivity contribution in [3.05, 3.63) is 76.4 Å². The standard InChI is InChI=1S/C34H37F3N6O2/c1-5-8-30(44)42-12-7-11-26(42)18-38-22(3)23-13-27-28(29(14-23)34(35,36)37)19-43(31(27)45)25-10-6-9-24(15-25)33(16-21(2)17-33)32-40-39-20-41(32)4/h6,9-10,13-15,20-22,26,38H,7,11-12,16-19H2,1-4H3/t21?,22?,26-,33?/m0/s1. The summed E-state index contributed by atoms with van der Waals surface area (Å²) in [4.78, 5) is 29.4. The van der Waals surface area contributed by atoms with Gasteiger partial charge in [-0.25, -0.2) is 0 Å². The Labute approximate surface area is 261 Å². The van der Waals surface area contributed by atoms with Crippen molar-refractivity contribution in [2.24, 2.45) is 13.0 Å². The van der Waals surface area contributed by atoms with Gasteiger partial charge in [0.15, 0.2) is 0 Å². The molecule has 0 bridgehead atoms. The number of nitrogens with zero attached hydrogens (tertiary/aromatic N) is 5. The van der Waals surface area contributed by atoms with Gasteiger partial charge in [-0.1, -0.05) is 25.0 Å². The number of carbonyl (C=O) groups excluding carboxylic acids is 2. The Morgan fingerprint density at radius 1 is 1.22 bits per heavy atom. The Bertz CT molecular complexity index is 1700. The van der Waals surface area contributed by atoms with Crippen molar-refractivity contribution >= 4 is 17.5 Å². The number of rotatable bonds is 7. The molecule has 1 unspecified atom stereocenters. The molecule has 2 fully saturated rings. The highest BCUT2D eigenvalue weighted by Gasteiger charge is 2.48. The fourth-order valence-electron chi connectivity index (χ4n) is 7.43. The van der Waals surface area contributed by atoms with Gasteiger partial charge in [0.25, 0.3) is 11.8 Å². The summed E-state index contributed by atoms with van der Waals surface area (Å²) in [6.07, 6.45) is 0.395. The lowest BCUT2D eigenvalue weighted by atomic mass is 9.58. The molecule has 1 aliphatic carbocycles. The molecule has 3 aliphatic rings. The third-order valence-electron chi connectivity index (χ3n) is 9.64. The normalized spacial score (nSPS) is 23.4. The van der Waals surface area contributed by atoms with Crippen molar-refractivity contribution in [2.45, 2.75) is 76.7 Å². The Balaban J connectivity index is 1.27. The molecule has 45 heavy (non-hydrogen) atoms. The summed E-state index contributed by atoms with van der Waals surface area (Å²) in [7, 11) is 1.90. The molecule has 236 valence electrons. The number of nitrogens with one attached hydrogen (secondary N) is 1. The number of hydrogen-bond donors (Lipinski definition) is 1. The summed E-state index contributed by atoms with van der Waals surface area (Å²) in [5.41, 5.74) is 0.780. The molecule has 2 aromatic carbocycles. The first-order valence-corrected chi connectivity index (χ1v) is 15.4. The van der Waals surface area contributed by atoms with Gasteiger partial charge in [-0.15, -0.1) is 10.2 Å². The molecule has 6 rings (SSSR count). The lowest BCUT2D eigenvalue weighted by molar-refractivity contribution is -0.138. The van der Waals surface area contributed by atoms with E-state index in [2.05, 4.69) is 34.3 Å². The summed E-state index contributed by atoms with van der Waals surface area (Å²) in [5, 5.41) is 11.8. The van der Waals surface area contributed by atoms with E-state index in [9.17, 15) is 22.8 Å². The number of likely N-dealkylation sites (tertiary alicyclic amines) is 1. The van der Waals surface area contributed by atoms with Crippen LogP contribution in [0.3, 0.4) is 0 Å². The highest BCUT2D eigenvalue weighted by atomic mass is 19.4. The van der Waals surface area contributed by atoms with Crippen LogP contribution < -0.4 is 10.2 Å². The van der Waals surface area contributed by atoms with E-state index in [-0.39, 0.29) is 35.0 Å². The number of aryl methyl sites for hydroxylation is 1. The highest BCUT2D eigenvalue weighted by molar-refractivity contribution is 6.10. The molecule has 1 N–H and O–H groups in total. The number of hydrogen-bond acceptors (Lipinski definition) is 5. The van der Waals surface area contributed by atoms with Gasteiger partial charge in [-0.05, 0) is 92.3 Å². The molecule has 3 aromatic rings. The maximum Gasteiger partial charge on any atom is 0.416 e. The van der Waals surface area contributed by atoms with E-state index < -0.39 is 23.7 Å². The molecule has 2 atom stereocenters. The first-order chi connectivity index (χ1) is 21.4. The van der Waals surface area contributed by atoms with E-state index in [1.807, 2.05) is 29.8 Å². The van der Waals surface area contributed by atoms with E-state index >= 15 is 0 Å². The summed E-state index contributed by atoms with van der Waals surface area (Å²) in [5.74, 6) is 5.83. The van der Waals surface area contributed by atoms with E-state index in [1.54, 1.807) is 37.2 Å². The number of halogens is 3. The van der Waals surface area contributed by atoms with Crippen molar-refractivity contribution in [3.63, 3.8) is 0 Å². The van der Waals surface area contributed by atoms with Crippen LogP contribution in [-0.4, -0.2) is 50.6 Å². The summed E-state index contributed by atoms with van der Waals surface area (Å²) < 4.78 is 45.3.